The van der Waals surface area contributed by atoms with Gasteiger partial charge in [-0.15, -0.1) is 0 Å². The molecule has 0 aliphatic rings. The number of thioether (sulfide) groups is 1. The van der Waals surface area contributed by atoms with Gasteiger partial charge in [-0.2, -0.15) is 8.78 Å². The van der Waals surface area contributed by atoms with Crippen molar-refractivity contribution in [3.8, 4) is 11.4 Å². The minimum atomic E-state index is -2.97. The Morgan fingerprint density at radius 1 is 0.943 bits per heavy atom. The van der Waals surface area contributed by atoms with Gasteiger partial charge in [0.2, 0.25) is 11.8 Å². The monoisotopic (exact) mass is 495 g/mol. The largest absolute Gasteiger partial charge is 0.435 e. The molecule has 0 aliphatic heterocycles. The number of aromatic nitrogens is 2. The molecule has 0 atom stereocenters. The van der Waals surface area contributed by atoms with Gasteiger partial charge in [0.25, 0.3) is 5.56 Å². The lowest BCUT2D eigenvalue weighted by molar-refractivity contribution is -0.128. The van der Waals surface area contributed by atoms with Crippen molar-refractivity contribution in [2.24, 2.45) is 0 Å². The molecule has 7 nitrogen and oxygen atoms in total. The standard InChI is InChI=1S/C25H19F2N3O4S/c26-24(27)34-18-12-10-17(11-13-18)30-23(33)19-8-4-5-9-20(19)28-25(30)35-15-22(32)29-21(31)14-16-6-2-1-3-7-16/h1-13,24H,14-15H2,(H,29,31,32). The molecule has 1 aromatic heterocycles. The van der Waals surface area contributed by atoms with Gasteiger partial charge < -0.3 is 4.74 Å². The quantitative estimate of drug-likeness (QED) is 0.294. The number of rotatable bonds is 8. The summed E-state index contributed by atoms with van der Waals surface area (Å²) in [5.74, 6) is -1.21. The molecule has 0 unspecified atom stereocenters. The number of ether oxygens (including phenoxy) is 1. The van der Waals surface area contributed by atoms with Gasteiger partial charge in [-0.25, -0.2) is 4.98 Å². The fourth-order valence-corrected chi connectivity index (χ4v) is 4.17. The van der Waals surface area contributed by atoms with E-state index in [9.17, 15) is 23.2 Å². The number of nitrogens with one attached hydrogen (secondary N) is 1. The molecule has 10 heteroatoms. The smallest absolute Gasteiger partial charge is 0.387 e. The number of carbonyl (C=O) groups excluding carboxylic acids is 2. The SMILES string of the molecule is O=C(CSc1nc2ccccc2c(=O)n1-c1ccc(OC(F)F)cc1)NC(=O)Cc1ccccc1. The molecular weight excluding hydrogens is 476 g/mol. The molecule has 0 spiro atoms. The third kappa shape index (κ3) is 6.10. The van der Waals surface area contributed by atoms with E-state index in [1.165, 1.54) is 28.8 Å². The highest BCUT2D eigenvalue weighted by Gasteiger charge is 2.16. The van der Waals surface area contributed by atoms with Crippen LogP contribution in [0.25, 0.3) is 16.6 Å². The topological polar surface area (TPSA) is 90.3 Å². The van der Waals surface area contributed by atoms with Crippen LogP contribution in [-0.2, 0) is 16.0 Å². The minimum absolute atomic E-state index is 0.0587. The van der Waals surface area contributed by atoms with E-state index in [0.29, 0.717) is 16.6 Å². The zero-order chi connectivity index (χ0) is 24.8. The van der Waals surface area contributed by atoms with Crippen molar-refractivity contribution in [2.75, 3.05) is 5.75 Å². The number of halogens is 2. The molecule has 3 aromatic carbocycles. The number of amides is 2. The minimum Gasteiger partial charge on any atom is -0.435 e. The first-order valence-corrected chi connectivity index (χ1v) is 11.5. The Morgan fingerprint density at radius 2 is 1.63 bits per heavy atom. The second-order valence-electron chi connectivity index (χ2n) is 7.35. The first kappa shape index (κ1) is 24.1. The third-order valence-corrected chi connectivity index (χ3v) is 5.82. The molecule has 4 aromatic rings. The van der Waals surface area contributed by atoms with E-state index in [4.69, 9.17) is 0 Å². The normalized spacial score (nSPS) is 10.9. The van der Waals surface area contributed by atoms with Crippen LogP contribution in [0.1, 0.15) is 5.56 Å². The number of alkyl halides is 2. The van der Waals surface area contributed by atoms with Crippen molar-refractivity contribution >= 4 is 34.5 Å². The summed E-state index contributed by atoms with van der Waals surface area (Å²) in [5, 5.41) is 2.90. The molecule has 4 rings (SSSR count). The highest BCUT2D eigenvalue weighted by Crippen LogP contribution is 2.23. The van der Waals surface area contributed by atoms with Crippen LogP contribution in [0.3, 0.4) is 0 Å². The van der Waals surface area contributed by atoms with E-state index in [-0.39, 0.29) is 28.6 Å². The molecule has 0 radical (unpaired) electrons. The summed E-state index contributed by atoms with van der Waals surface area (Å²) in [6.07, 6.45) is 0.0587. The number of hydrogen-bond donors (Lipinski definition) is 1. The van der Waals surface area contributed by atoms with Crippen LogP contribution in [0.4, 0.5) is 8.78 Å². The molecule has 178 valence electrons. The van der Waals surface area contributed by atoms with Gasteiger partial charge in [-0.05, 0) is 42.0 Å². The summed E-state index contributed by atoms with van der Waals surface area (Å²) in [4.78, 5) is 42.3. The van der Waals surface area contributed by atoms with Gasteiger partial charge in [0.15, 0.2) is 5.16 Å². The third-order valence-electron chi connectivity index (χ3n) is 4.88. The van der Waals surface area contributed by atoms with Gasteiger partial charge >= 0.3 is 6.61 Å². The Kier molecular flexibility index (Phi) is 7.51. The first-order chi connectivity index (χ1) is 16.9. The number of fused-ring (bicyclic) bond motifs is 1. The summed E-state index contributed by atoms with van der Waals surface area (Å²) >= 11 is 0.978. The molecule has 0 fully saturated rings. The lowest BCUT2D eigenvalue weighted by Gasteiger charge is -2.14. The Morgan fingerprint density at radius 3 is 2.34 bits per heavy atom. The second kappa shape index (κ2) is 10.9. The average Bonchev–Trinajstić information content (AvgIpc) is 2.84. The van der Waals surface area contributed by atoms with E-state index in [2.05, 4.69) is 15.0 Å². The van der Waals surface area contributed by atoms with E-state index in [1.807, 2.05) is 6.07 Å². The van der Waals surface area contributed by atoms with Gasteiger partial charge in [-0.1, -0.05) is 54.2 Å². The summed E-state index contributed by atoms with van der Waals surface area (Å²) < 4.78 is 30.6. The van der Waals surface area contributed by atoms with Crippen LogP contribution in [0, 0.1) is 0 Å². The van der Waals surface area contributed by atoms with E-state index in [1.54, 1.807) is 48.5 Å². The Balaban J connectivity index is 1.56. The summed E-state index contributed by atoms with van der Waals surface area (Å²) in [5.41, 5.74) is 1.18. The fraction of sp³-hybridized carbons (Fsp3) is 0.120. The lowest BCUT2D eigenvalue weighted by Crippen LogP contribution is -2.33. The van der Waals surface area contributed by atoms with Crippen LogP contribution >= 0.6 is 11.8 Å². The number of benzene rings is 3. The highest BCUT2D eigenvalue weighted by molar-refractivity contribution is 7.99. The molecule has 0 aliphatic carbocycles. The zero-order valence-corrected chi connectivity index (χ0v) is 19.0. The van der Waals surface area contributed by atoms with Gasteiger partial charge in [0.05, 0.1) is 28.8 Å². The van der Waals surface area contributed by atoms with Crippen molar-refractivity contribution in [3.05, 3.63) is 94.8 Å². The van der Waals surface area contributed by atoms with Crippen LogP contribution in [0.15, 0.2) is 88.8 Å². The van der Waals surface area contributed by atoms with Crippen molar-refractivity contribution in [1.82, 2.24) is 14.9 Å². The zero-order valence-electron chi connectivity index (χ0n) is 18.2. The van der Waals surface area contributed by atoms with Crippen molar-refractivity contribution in [3.63, 3.8) is 0 Å². The highest BCUT2D eigenvalue weighted by atomic mass is 32.2. The molecule has 1 N–H and O–H groups in total. The predicted octanol–water partition coefficient (Wildman–Crippen LogP) is 3.96. The molecule has 35 heavy (non-hydrogen) atoms. The summed E-state index contributed by atoms with van der Waals surface area (Å²) in [6.45, 7) is -2.97. The Bertz CT molecular complexity index is 1410. The number of nitrogens with zero attached hydrogens (tertiary/aromatic N) is 2. The van der Waals surface area contributed by atoms with Crippen molar-refractivity contribution in [1.29, 1.82) is 0 Å². The molecule has 2 amide bonds. The van der Waals surface area contributed by atoms with Gasteiger partial charge in [0.1, 0.15) is 5.75 Å². The summed E-state index contributed by atoms with van der Waals surface area (Å²) in [6, 6.07) is 21.3. The van der Waals surface area contributed by atoms with Crippen molar-refractivity contribution < 1.29 is 23.1 Å². The maximum absolute atomic E-state index is 13.2. The average molecular weight is 496 g/mol. The maximum atomic E-state index is 13.2. The molecule has 1 heterocycles. The number of para-hydroxylation sites is 1. The number of hydrogen-bond acceptors (Lipinski definition) is 6. The Labute approximate surface area is 202 Å². The number of imide groups is 1. The van der Waals surface area contributed by atoms with Crippen LogP contribution < -0.4 is 15.6 Å². The second-order valence-corrected chi connectivity index (χ2v) is 8.29. The molecule has 0 bridgehead atoms. The fourth-order valence-electron chi connectivity index (χ4n) is 3.36. The van der Waals surface area contributed by atoms with Crippen LogP contribution in [-0.4, -0.2) is 33.7 Å². The lowest BCUT2D eigenvalue weighted by atomic mass is 10.1. The van der Waals surface area contributed by atoms with Gasteiger partial charge in [0, 0.05) is 0 Å². The van der Waals surface area contributed by atoms with Crippen molar-refractivity contribution in [2.45, 2.75) is 18.2 Å². The van der Waals surface area contributed by atoms with E-state index < -0.39 is 18.4 Å². The van der Waals surface area contributed by atoms with Gasteiger partial charge in [-0.3, -0.25) is 24.3 Å². The first-order valence-electron chi connectivity index (χ1n) is 10.5. The Hall–Kier alpha value is -4.05. The van der Waals surface area contributed by atoms with E-state index in [0.717, 1.165) is 17.3 Å². The van der Waals surface area contributed by atoms with Crippen LogP contribution in [0.2, 0.25) is 0 Å². The molecular formula is C25H19F2N3O4S. The van der Waals surface area contributed by atoms with E-state index >= 15 is 0 Å². The number of carbonyl (C=O) groups is 2. The van der Waals surface area contributed by atoms with Crippen LogP contribution in [0.5, 0.6) is 5.75 Å². The summed E-state index contributed by atoms with van der Waals surface area (Å²) in [7, 11) is 0. The molecule has 0 saturated carbocycles. The molecule has 0 saturated heterocycles. The maximum Gasteiger partial charge on any atom is 0.387 e. The predicted molar refractivity (Wildman–Crippen MR) is 128 cm³/mol.